The molecule has 0 fully saturated rings. The second-order valence-electron chi connectivity index (χ2n) is 4.66. The summed E-state index contributed by atoms with van der Waals surface area (Å²) in [6.07, 6.45) is 0.504. The normalized spacial score (nSPS) is 16.4. The number of hydrogen-bond acceptors (Lipinski definition) is 6. The Morgan fingerprint density at radius 2 is 1.95 bits per heavy atom. The van der Waals surface area contributed by atoms with E-state index in [2.05, 4.69) is 5.10 Å². The molecule has 7 nitrogen and oxygen atoms in total. The van der Waals surface area contributed by atoms with Crippen LogP contribution in [0.2, 0.25) is 0 Å². The van der Waals surface area contributed by atoms with Crippen molar-refractivity contribution in [2.45, 2.75) is 25.2 Å². The highest BCUT2D eigenvalue weighted by atomic mass is 32.2. The third-order valence-electron chi connectivity index (χ3n) is 2.96. The lowest BCUT2D eigenvalue weighted by molar-refractivity contribution is 0.482. The minimum absolute atomic E-state index is 0.144. The van der Waals surface area contributed by atoms with Crippen LogP contribution >= 0.6 is 0 Å². The zero-order valence-corrected chi connectivity index (χ0v) is 12.0. The quantitative estimate of drug-likeness (QED) is 0.697. The van der Waals surface area contributed by atoms with Crippen LogP contribution in [-0.4, -0.2) is 18.7 Å². The first-order valence-corrected chi connectivity index (χ1v) is 7.30. The highest BCUT2D eigenvalue weighted by molar-refractivity contribution is 7.85. The molecule has 20 heavy (non-hydrogen) atoms. The summed E-state index contributed by atoms with van der Waals surface area (Å²) >= 11 is 0. The van der Waals surface area contributed by atoms with E-state index in [0.717, 1.165) is 5.71 Å². The summed E-state index contributed by atoms with van der Waals surface area (Å²) in [6.45, 7) is 3.40. The molecule has 1 aliphatic heterocycles. The molecule has 0 aromatic heterocycles. The van der Waals surface area contributed by atoms with Gasteiger partial charge in [0.25, 0.3) is 10.1 Å². The van der Waals surface area contributed by atoms with Gasteiger partial charge in [-0.1, -0.05) is 0 Å². The van der Waals surface area contributed by atoms with Gasteiger partial charge in [0.2, 0.25) is 0 Å². The van der Waals surface area contributed by atoms with Gasteiger partial charge in [0.15, 0.2) is 0 Å². The molecule has 0 atom stereocenters. The molecule has 0 spiro atoms. The lowest BCUT2D eigenvalue weighted by atomic mass is 10.2. The van der Waals surface area contributed by atoms with Crippen molar-refractivity contribution < 1.29 is 13.0 Å². The van der Waals surface area contributed by atoms with E-state index in [-0.39, 0.29) is 4.90 Å². The fourth-order valence-electron chi connectivity index (χ4n) is 2.01. The lowest BCUT2D eigenvalue weighted by Crippen LogP contribution is -2.32. The summed E-state index contributed by atoms with van der Waals surface area (Å²) in [4.78, 5) is -0.144. The Morgan fingerprint density at radius 3 is 2.50 bits per heavy atom. The zero-order valence-electron chi connectivity index (χ0n) is 11.2. The summed E-state index contributed by atoms with van der Waals surface area (Å²) < 4.78 is 31.4. The van der Waals surface area contributed by atoms with E-state index in [4.69, 9.17) is 16.0 Å². The third kappa shape index (κ3) is 2.61. The van der Waals surface area contributed by atoms with Crippen LogP contribution in [0.3, 0.4) is 0 Å². The first-order chi connectivity index (χ1) is 9.20. The van der Waals surface area contributed by atoms with Crippen LogP contribution in [0, 0.1) is 6.92 Å². The van der Waals surface area contributed by atoms with Crippen molar-refractivity contribution >= 4 is 21.5 Å². The van der Waals surface area contributed by atoms with E-state index in [1.54, 1.807) is 13.0 Å². The smallest absolute Gasteiger partial charge is 0.294 e. The summed E-state index contributed by atoms with van der Waals surface area (Å²) in [6, 6.07) is 4.40. The minimum Gasteiger partial charge on any atom is -0.399 e. The first-order valence-electron chi connectivity index (χ1n) is 5.86. The fraction of sp³-hybridized carbons (Fsp3) is 0.250. The summed E-state index contributed by atoms with van der Waals surface area (Å²) in [5, 5.41) is 5.75. The van der Waals surface area contributed by atoms with E-state index in [1.165, 1.54) is 17.1 Å². The number of nitrogens with zero attached hydrogens (tertiary/aromatic N) is 2. The number of hydrazone groups is 1. The van der Waals surface area contributed by atoms with Gasteiger partial charge in [-0.05, 0) is 37.6 Å². The van der Waals surface area contributed by atoms with Gasteiger partial charge in [0, 0.05) is 12.1 Å². The number of aryl methyl sites for hydroxylation is 1. The van der Waals surface area contributed by atoms with E-state index in [1.807, 2.05) is 6.92 Å². The van der Waals surface area contributed by atoms with Gasteiger partial charge >= 0.3 is 0 Å². The molecular weight excluding hydrogens is 280 g/mol. The maximum Gasteiger partial charge on any atom is 0.294 e. The molecule has 0 bridgehead atoms. The van der Waals surface area contributed by atoms with Crippen molar-refractivity contribution in [1.82, 2.24) is 0 Å². The number of anilines is 1. The van der Waals surface area contributed by atoms with Crippen molar-refractivity contribution in [3.8, 4) is 0 Å². The van der Waals surface area contributed by atoms with Crippen LogP contribution in [-0.2, 0) is 10.1 Å². The van der Waals surface area contributed by atoms with Crippen LogP contribution in [0.4, 0.5) is 5.69 Å². The molecule has 0 saturated heterocycles. The van der Waals surface area contributed by atoms with Gasteiger partial charge in [0.1, 0.15) is 5.82 Å². The molecule has 1 aromatic rings. The third-order valence-corrected chi connectivity index (χ3v) is 3.97. The standard InChI is InChI=1S/C12H16N4O3S/c1-7-5-9(3-4-11(7)20(17,18)19)16-12(14)10(13)6-8(2)15-16/h3-5H,6,13-14H2,1-2H3,(H,17,18,19). The number of rotatable bonds is 2. The molecule has 1 aromatic carbocycles. The molecule has 108 valence electrons. The van der Waals surface area contributed by atoms with Crippen molar-refractivity contribution in [1.29, 1.82) is 0 Å². The number of allylic oxidation sites excluding steroid dienone is 1. The highest BCUT2D eigenvalue weighted by Crippen LogP contribution is 2.26. The van der Waals surface area contributed by atoms with Crippen LogP contribution < -0.4 is 16.5 Å². The van der Waals surface area contributed by atoms with E-state index in [9.17, 15) is 8.42 Å². The predicted molar refractivity (Wildman–Crippen MR) is 76.6 cm³/mol. The average Bonchev–Trinajstić information content (AvgIpc) is 2.32. The number of nitrogens with two attached hydrogens (primary N) is 2. The highest BCUT2D eigenvalue weighted by Gasteiger charge is 2.20. The molecule has 0 radical (unpaired) electrons. The van der Waals surface area contributed by atoms with Gasteiger partial charge < -0.3 is 11.5 Å². The Balaban J connectivity index is 2.50. The molecule has 0 saturated carbocycles. The van der Waals surface area contributed by atoms with Gasteiger partial charge in [-0.3, -0.25) is 4.55 Å². The molecular formula is C12H16N4O3S. The molecule has 2 rings (SSSR count). The van der Waals surface area contributed by atoms with Crippen molar-refractivity contribution in [3.63, 3.8) is 0 Å². The van der Waals surface area contributed by atoms with E-state index in [0.29, 0.717) is 29.2 Å². The zero-order chi connectivity index (χ0) is 15.1. The Morgan fingerprint density at radius 1 is 1.30 bits per heavy atom. The molecule has 0 amide bonds. The average molecular weight is 296 g/mol. The second-order valence-corrected chi connectivity index (χ2v) is 6.05. The number of benzene rings is 1. The topological polar surface area (TPSA) is 122 Å². The molecule has 0 aliphatic carbocycles. The SMILES string of the molecule is CC1=NN(c2ccc(S(=O)(=O)O)c(C)c2)C(N)=C(N)C1. The van der Waals surface area contributed by atoms with Crippen molar-refractivity contribution in [3.05, 3.63) is 35.3 Å². The predicted octanol–water partition coefficient (Wildman–Crippen LogP) is 0.914. The van der Waals surface area contributed by atoms with Gasteiger partial charge in [-0.15, -0.1) is 0 Å². The second kappa shape index (κ2) is 4.80. The largest absolute Gasteiger partial charge is 0.399 e. The van der Waals surface area contributed by atoms with Gasteiger partial charge in [0.05, 0.1) is 16.3 Å². The molecule has 5 N–H and O–H groups in total. The lowest BCUT2D eigenvalue weighted by Gasteiger charge is -2.26. The summed E-state index contributed by atoms with van der Waals surface area (Å²) in [5.74, 6) is 0.314. The fourth-order valence-corrected chi connectivity index (χ4v) is 2.72. The number of hydrogen-bond donors (Lipinski definition) is 3. The first kappa shape index (κ1) is 14.4. The van der Waals surface area contributed by atoms with Crippen molar-refractivity contribution in [2.24, 2.45) is 16.6 Å². The maximum absolute atomic E-state index is 11.2. The van der Waals surface area contributed by atoms with Crippen LogP contribution in [0.5, 0.6) is 0 Å². The molecule has 1 aliphatic rings. The van der Waals surface area contributed by atoms with E-state index < -0.39 is 10.1 Å². The minimum atomic E-state index is -4.24. The van der Waals surface area contributed by atoms with Gasteiger partial charge in [-0.2, -0.15) is 13.5 Å². The van der Waals surface area contributed by atoms with Crippen molar-refractivity contribution in [2.75, 3.05) is 5.01 Å². The maximum atomic E-state index is 11.2. The van der Waals surface area contributed by atoms with Crippen LogP contribution in [0.15, 0.2) is 39.7 Å². The molecule has 1 heterocycles. The Hall–Kier alpha value is -2.06. The van der Waals surface area contributed by atoms with E-state index >= 15 is 0 Å². The molecule has 0 unspecified atom stereocenters. The molecule has 8 heteroatoms. The van der Waals surface area contributed by atoms with Crippen LogP contribution in [0.25, 0.3) is 0 Å². The monoisotopic (exact) mass is 296 g/mol. The Kier molecular flexibility index (Phi) is 3.45. The van der Waals surface area contributed by atoms with Gasteiger partial charge in [-0.25, -0.2) is 5.01 Å². The Labute approximate surface area is 117 Å². The van der Waals surface area contributed by atoms with Crippen LogP contribution in [0.1, 0.15) is 18.9 Å². The summed E-state index contributed by atoms with van der Waals surface area (Å²) in [7, 11) is -4.24. The Bertz CT molecular complexity index is 722. The summed E-state index contributed by atoms with van der Waals surface area (Å²) in [5.41, 5.74) is 14.0.